The number of oxime groups is 1. The first-order chi connectivity index (χ1) is 8.12. The van der Waals surface area contributed by atoms with E-state index in [-0.39, 0.29) is 16.6 Å². The molecule has 18 heavy (non-hydrogen) atoms. The molecule has 3 N–H and O–H groups in total. The van der Waals surface area contributed by atoms with Gasteiger partial charge in [-0.3, -0.25) is 9.35 Å². The third-order valence-electron chi connectivity index (χ3n) is 2.34. The first-order valence-corrected chi connectivity index (χ1v) is 6.22. The van der Waals surface area contributed by atoms with Crippen LogP contribution >= 0.6 is 0 Å². The normalized spacial score (nSPS) is 26.8. The van der Waals surface area contributed by atoms with Crippen LogP contribution in [0.4, 0.5) is 0 Å². The minimum atomic E-state index is -4.71. The molecule has 1 unspecified atom stereocenters. The number of quaternary nitrogens is 1. The fourth-order valence-corrected chi connectivity index (χ4v) is 2.56. The predicted molar refractivity (Wildman–Crippen MR) is 59.0 cm³/mol. The molecule has 104 valence electrons. The van der Waals surface area contributed by atoms with E-state index in [9.17, 15) is 18.4 Å². The van der Waals surface area contributed by atoms with Crippen LogP contribution in [0, 0.1) is 5.21 Å². The number of amides is 1. The molecule has 1 aliphatic rings. The lowest BCUT2D eigenvalue weighted by molar-refractivity contribution is -0.814. The van der Waals surface area contributed by atoms with Gasteiger partial charge in [-0.05, 0) is 12.1 Å². The molecule has 0 bridgehead atoms. The van der Waals surface area contributed by atoms with Gasteiger partial charge < -0.3 is 10.0 Å². The van der Waals surface area contributed by atoms with Crippen LogP contribution in [0.3, 0.4) is 0 Å². The molecule has 1 amide bonds. The molecule has 0 aromatic carbocycles. The summed E-state index contributed by atoms with van der Waals surface area (Å²) in [6.07, 6.45) is -0.237. The highest BCUT2D eigenvalue weighted by atomic mass is 32.2. The number of carbonyl (C=O) groups is 1. The van der Waals surface area contributed by atoms with Crippen LogP contribution in [-0.2, 0) is 19.9 Å². The zero-order valence-electron chi connectivity index (χ0n) is 10.00. The number of β-lactam (4-membered cyclic amide) rings is 1. The second-order valence-corrected chi connectivity index (χ2v) is 5.16. The Hall–Kier alpha value is -1.27. The first kappa shape index (κ1) is 14.8. The third kappa shape index (κ3) is 2.76. The Bertz CT molecular complexity index is 476. The third-order valence-corrected chi connectivity index (χ3v) is 3.41. The molecule has 0 radical (unpaired) electrons. The molecule has 11 heteroatoms. The maximum absolute atomic E-state index is 11.6. The number of amidine groups is 1. The summed E-state index contributed by atoms with van der Waals surface area (Å²) in [6, 6.07) is 0. The Kier molecular flexibility index (Phi) is 3.92. The molecule has 0 saturated carbocycles. The predicted octanol–water partition coefficient (Wildman–Crippen LogP) is -2.40. The summed E-state index contributed by atoms with van der Waals surface area (Å²) < 4.78 is 31.0. The fourth-order valence-electron chi connectivity index (χ4n) is 1.61. The number of hydroxylamine groups is 1. The van der Waals surface area contributed by atoms with Gasteiger partial charge in [0.15, 0.2) is 5.66 Å². The highest BCUT2D eigenvalue weighted by molar-refractivity contribution is 7.84. The van der Waals surface area contributed by atoms with Gasteiger partial charge in [-0.15, -0.1) is 5.43 Å². The Labute approximate surface area is 104 Å². The summed E-state index contributed by atoms with van der Waals surface area (Å²) >= 11 is 0. The molecule has 0 aromatic rings. The van der Waals surface area contributed by atoms with Crippen molar-refractivity contribution in [1.29, 1.82) is 0 Å². The maximum atomic E-state index is 11.6. The number of hydrogen-bond donors (Lipinski definition) is 3. The zero-order chi connectivity index (χ0) is 14.1. The molecular formula is C7H14N4O6S. The van der Waals surface area contributed by atoms with Crippen molar-refractivity contribution in [3.8, 4) is 0 Å². The van der Waals surface area contributed by atoms with E-state index in [0.717, 1.165) is 0 Å². The Morgan fingerprint density at radius 1 is 1.72 bits per heavy atom. The van der Waals surface area contributed by atoms with Crippen LogP contribution < -0.4 is 10.6 Å². The Morgan fingerprint density at radius 3 is 2.67 bits per heavy atom. The van der Waals surface area contributed by atoms with Crippen LogP contribution in [0.15, 0.2) is 5.16 Å². The van der Waals surface area contributed by atoms with Gasteiger partial charge in [0.25, 0.3) is 5.84 Å². The van der Waals surface area contributed by atoms with E-state index >= 15 is 0 Å². The van der Waals surface area contributed by atoms with Crippen molar-refractivity contribution in [2.24, 2.45) is 5.16 Å². The lowest BCUT2D eigenvalue weighted by atomic mass is 10.0. The summed E-state index contributed by atoms with van der Waals surface area (Å²) in [5.74, 6) is -0.852. The highest BCUT2D eigenvalue weighted by Crippen LogP contribution is 2.30. The molecule has 1 fully saturated rings. The monoisotopic (exact) mass is 282 g/mol. The molecule has 1 aliphatic heterocycles. The largest absolute Gasteiger partial charge is 0.607 e. The van der Waals surface area contributed by atoms with E-state index in [4.69, 9.17) is 4.55 Å². The van der Waals surface area contributed by atoms with Gasteiger partial charge >= 0.3 is 10.3 Å². The van der Waals surface area contributed by atoms with Gasteiger partial charge in [0, 0.05) is 6.92 Å². The summed E-state index contributed by atoms with van der Waals surface area (Å²) in [5.41, 5.74) is 0.787. The van der Waals surface area contributed by atoms with Gasteiger partial charge in [-0.25, -0.2) is 5.17 Å². The van der Waals surface area contributed by atoms with Crippen molar-refractivity contribution in [3.63, 3.8) is 0 Å². The standard InChI is InChI=1S/C7H14N4O6S/c1-5(8-17-3)11(13)9-7(2)4-6(12)10(7)18(14,15)16/h9,11H,4H2,1-3H3,(H,14,15,16)/b8-5+/t7-/m0/s1. The topological polar surface area (TPSA) is 136 Å². The average molecular weight is 282 g/mol. The molecule has 1 heterocycles. The van der Waals surface area contributed by atoms with Gasteiger partial charge in [-0.1, -0.05) is 0 Å². The molecule has 1 rings (SSSR count). The van der Waals surface area contributed by atoms with Gasteiger partial charge in [-0.2, -0.15) is 12.7 Å². The maximum Gasteiger partial charge on any atom is 0.363 e. The number of rotatable bonds is 4. The van der Waals surface area contributed by atoms with E-state index in [2.05, 4.69) is 15.4 Å². The minimum absolute atomic E-state index is 0.0478. The van der Waals surface area contributed by atoms with E-state index in [0.29, 0.717) is 0 Å². The van der Waals surface area contributed by atoms with Crippen LogP contribution in [0.2, 0.25) is 0 Å². The van der Waals surface area contributed by atoms with Crippen LogP contribution in [0.5, 0.6) is 0 Å². The molecule has 10 nitrogen and oxygen atoms in total. The van der Waals surface area contributed by atoms with Crippen molar-refractivity contribution < 1.29 is 27.8 Å². The Balaban J connectivity index is 2.84. The molecule has 2 atom stereocenters. The first-order valence-electron chi connectivity index (χ1n) is 4.83. The van der Waals surface area contributed by atoms with Crippen LogP contribution in [0.25, 0.3) is 0 Å². The SMILES string of the molecule is CO/N=C(\C)[NH+]([O-])N[C@]1(C)CC(=O)N1S(=O)(=O)O. The number of hydrogen-bond acceptors (Lipinski definition) is 7. The van der Waals surface area contributed by atoms with E-state index in [1.54, 1.807) is 0 Å². The molecule has 0 aliphatic carbocycles. The molecule has 0 aromatic heterocycles. The van der Waals surface area contributed by atoms with E-state index < -0.39 is 27.0 Å². The van der Waals surface area contributed by atoms with Crippen molar-refractivity contribution in [2.75, 3.05) is 7.11 Å². The summed E-state index contributed by atoms with van der Waals surface area (Å²) in [7, 11) is -3.46. The van der Waals surface area contributed by atoms with Gasteiger partial charge in [0.2, 0.25) is 5.91 Å². The zero-order valence-corrected chi connectivity index (χ0v) is 10.8. The molecular weight excluding hydrogens is 268 g/mol. The van der Waals surface area contributed by atoms with E-state index in [1.807, 2.05) is 0 Å². The summed E-state index contributed by atoms with van der Waals surface area (Å²) in [6.45, 7) is 2.64. The van der Waals surface area contributed by atoms with Crippen molar-refractivity contribution >= 4 is 22.0 Å². The lowest BCUT2D eigenvalue weighted by Gasteiger charge is -2.47. The molecule has 0 spiro atoms. The summed E-state index contributed by atoms with van der Waals surface area (Å²) in [5, 5.41) is 14.2. The molecule has 1 saturated heterocycles. The van der Waals surface area contributed by atoms with Gasteiger partial charge in [0.1, 0.15) is 7.11 Å². The van der Waals surface area contributed by atoms with Crippen molar-refractivity contribution in [1.82, 2.24) is 9.73 Å². The van der Waals surface area contributed by atoms with Gasteiger partial charge in [0.05, 0.1) is 6.42 Å². The van der Waals surface area contributed by atoms with E-state index in [1.165, 1.54) is 21.0 Å². The minimum Gasteiger partial charge on any atom is -0.607 e. The quantitative estimate of drug-likeness (QED) is 0.172. The van der Waals surface area contributed by atoms with Crippen molar-refractivity contribution in [3.05, 3.63) is 5.21 Å². The Morgan fingerprint density at radius 2 is 2.28 bits per heavy atom. The lowest BCUT2D eigenvalue weighted by Crippen LogP contribution is -3.19. The van der Waals surface area contributed by atoms with Crippen LogP contribution in [0.1, 0.15) is 20.3 Å². The highest BCUT2D eigenvalue weighted by Gasteiger charge is 2.55. The number of carbonyl (C=O) groups excluding carboxylic acids is 1. The number of nitrogens with zero attached hydrogens (tertiary/aromatic N) is 2. The summed E-state index contributed by atoms with van der Waals surface area (Å²) in [4.78, 5) is 15.5. The second-order valence-electron chi connectivity index (χ2n) is 3.90. The smallest absolute Gasteiger partial charge is 0.363 e. The fraction of sp³-hybridized carbons (Fsp3) is 0.714. The average Bonchev–Trinajstić information content (AvgIpc) is 2.13. The number of nitrogens with one attached hydrogen (secondary N) is 2. The second kappa shape index (κ2) is 4.78. The van der Waals surface area contributed by atoms with Crippen LogP contribution in [-0.4, -0.2) is 41.8 Å². The van der Waals surface area contributed by atoms with Crippen molar-refractivity contribution in [2.45, 2.75) is 25.9 Å².